The first-order chi connectivity index (χ1) is 13.5. The second-order valence-electron chi connectivity index (χ2n) is 5.58. The molecule has 0 saturated heterocycles. The van der Waals surface area contributed by atoms with Crippen LogP contribution in [0.2, 0.25) is 0 Å². The number of amides is 1. The highest BCUT2D eigenvalue weighted by Crippen LogP contribution is 2.32. The average Bonchev–Trinajstić information content (AvgIpc) is 2.67. The molecule has 0 heterocycles. The highest BCUT2D eigenvalue weighted by molar-refractivity contribution is 9.10. The summed E-state index contributed by atoms with van der Waals surface area (Å²) < 4.78 is 19.9. The summed E-state index contributed by atoms with van der Waals surface area (Å²) in [6.45, 7) is 3.82. The fourth-order valence-corrected chi connectivity index (χ4v) is 3.04. The third kappa shape index (κ3) is 5.33. The number of para-hydroxylation sites is 1. The Kier molecular flexibility index (Phi) is 7.56. The number of hydrogen-bond donors (Lipinski definition) is 1. The highest BCUT2D eigenvalue weighted by atomic mass is 79.9. The molecule has 0 aliphatic rings. The number of hydrogen-bond acceptors (Lipinski definition) is 3. The van der Waals surface area contributed by atoms with E-state index in [1.807, 2.05) is 6.07 Å². The minimum absolute atomic E-state index is 0.000194. The molecular weight excluding hydrogens is 423 g/mol. The molecule has 6 heteroatoms. The lowest BCUT2D eigenvalue weighted by atomic mass is 10.0. The summed E-state index contributed by atoms with van der Waals surface area (Å²) in [7, 11) is 0. The van der Waals surface area contributed by atoms with Gasteiger partial charge in [0.15, 0.2) is 0 Å². The number of nitrogens with one attached hydrogen (secondary N) is 1. The normalized spacial score (nSPS) is 10.5. The zero-order valence-corrected chi connectivity index (χ0v) is 16.4. The summed E-state index contributed by atoms with van der Waals surface area (Å²) in [5, 5.41) is 11.8. The summed E-state index contributed by atoms with van der Waals surface area (Å²) in [4.78, 5) is 12.4. The molecule has 1 N–H and O–H groups in total. The van der Waals surface area contributed by atoms with Crippen LogP contribution >= 0.6 is 15.9 Å². The first-order valence-corrected chi connectivity index (χ1v) is 8.96. The van der Waals surface area contributed by atoms with Crippen LogP contribution in [-0.2, 0) is 11.2 Å². The average molecular weight is 439 g/mol. The minimum Gasteiger partial charge on any atom is -0.479 e. The van der Waals surface area contributed by atoms with Crippen LogP contribution in [0.15, 0.2) is 59.1 Å². The van der Waals surface area contributed by atoms with E-state index in [1.165, 1.54) is 24.3 Å². The monoisotopic (exact) mass is 438 g/mol. The van der Waals surface area contributed by atoms with Crippen LogP contribution in [0.3, 0.4) is 0 Å². The molecule has 0 saturated carbocycles. The minimum atomic E-state index is -0.707. The summed E-state index contributed by atoms with van der Waals surface area (Å²) in [5.41, 5.74) is 1.21. The van der Waals surface area contributed by atoms with Crippen molar-refractivity contribution in [1.82, 2.24) is 0 Å². The Morgan fingerprint density at radius 2 is 2.14 bits per heavy atom. The van der Waals surface area contributed by atoms with E-state index in [9.17, 15) is 14.4 Å². The Hall–Kier alpha value is -3.35. The SMILES string of the molecule is C#CCOc1c(Br)cc(/C=C(/C#N)C(=O)Nc2ccccc2F)cc1CC=C. The van der Waals surface area contributed by atoms with Crippen molar-refractivity contribution in [2.75, 3.05) is 11.9 Å². The number of nitrogens with zero attached hydrogens (tertiary/aromatic N) is 1. The van der Waals surface area contributed by atoms with E-state index in [1.54, 1.807) is 24.3 Å². The van der Waals surface area contributed by atoms with Gasteiger partial charge in [-0.05, 0) is 63.8 Å². The zero-order chi connectivity index (χ0) is 20.5. The van der Waals surface area contributed by atoms with Crippen LogP contribution in [-0.4, -0.2) is 12.5 Å². The molecule has 0 bridgehead atoms. The molecule has 2 aromatic carbocycles. The Morgan fingerprint density at radius 3 is 2.79 bits per heavy atom. The van der Waals surface area contributed by atoms with Crippen LogP contribution in [0.1, 0.15) is 11.1 Å². The van der Waals surface area contributed by atoms with E-state index in [2.05, 4.69) is 33.7 Å². The van der Waals surface area contributed by atoms with Gasteiger partial charge in [-0.2, -0.15) is 5.26 Å². The fraction of sp³-hybridized carbons (Fsp3) is 0.0909. The summed E-state index contributed by atoms with van der Waals surface area (Å²) in [6.07, 6.45) is 8.87. The second-order valence-corrected chi connectivity index (χ2v) is 6.43. The highest BCUT2D eigenvalue weighted by Gasteiger charge is 2.14. The number of anilines is 1. The van der Waals surface area contributed by atoms with Crippen molar-refractivity contribution in [3.63, 3.8) is 0 Å². The van der Waals surface area contributed by atoms with E-state index in [4.69, 9.17) is 11.2 Å². The van der Waals surface area contributed by atoms with Gasteiger partial charge in [-0.1, -0.05) is 24.1 Å². The number of ether oxygens (including phenoxy) is 1. The maximum Gasteiger partial charge on any atom is 0.266 e. The molecule has 2 aromatic rings. The first-order valence-electron chi connectivity index (χ1n) is 8.17. The van der Waals surface area contributed by atoms with E-state index >= 15 is 0 Å². The maximum absolute atomic E-state index is 13.7. The van der Waals surface area contributed by atoms with Gasteiger partial charge >= 0.3 is 0 Å². The van der Waals surface area contributed by atoms with Crippen molar-refractivity contribution in [1.29, 1.82) is 5.26 Å². The molecule has 0 fully saturated rings. The predicted octanol–water partition coefficient (Wildman–Crippen LogP) is 4.87. The van der Waals surface area contributed by atoms with Gasteiger partial charge in [0.25, 0.3) is 5.91 Å². The van der Waals surface area contributed by atoms with E-state index in [0.717, 1.165) is 5.56 Å². The molecule has 0 radical (unpaired) electrons. The van der Waals surface area contributed by atoms with Gasteiger partial charge in [0, 0.05) is 0 Å². The number of halogens is 2. The number of rotatable bonds is 7. The van der Waals surface area contributed by atoms with Gasteiger partial charge < -0.3 is 10.1 Å². The lowest BCUT2D eigenvalue weighted by molar-refractivity contribution is -0.112. The second kappa shape index (κ2) is 10.1. The van der Waals surface area contributed by atoms with Gasteiger partial charge in [-0.3, -0.25) is 4.79 Å². The quantitative estimate of drug-likeness (QED) is 0.290. The van der Waals surface area contributed by atoms with Crippen LogP contribution < -0.4 is 10.1 Å². The zero-order valence-electron chi connectivity index (χ0n) is 14.8. The molecule has 0 atom stereocenters. The molecule has 1 amide bonds. The third-order valence-corrected chi connectivity index (χ3v) is 4.19. The van der Waals surface area contributed by atoms with Gasteiger partial charge in [-0.25, -0.2) is 4.39 Å². The summed E-state index contributed by atoms with van der Waals surface area (Å²) >= 11 is 3.42. The van der Waals surface area contributed by atoms with Crippen LogP contribution in [0.5, 0.6) is 5.75 Å². The number of terminal acetylenes is 1. The Morgan fingerprint density at radius 1 is 1.39 bits per heavy atom. The van der Waals surface area contributed by atoms with Crippen molar-refractivity contribution >= 4 is 33.6 Å². The molecule has 0 spiro atoms. The van der Waals surface area contributed by atoms with Gasteiger partial charge in [0.2, 0.25) is 0 Å². The number of carbonyl (C=O) groups excluding carboxylic acids is 1. The van der Waals surface area contributed by atoms with Crippen molar-refractivity contribution < 1.29 is 13.9 Å². The first kappa shape index (κ1) is 21.0. The van der Waals surface area contributed by atoms with E-state index in [0.29, 0.717) is 22.2 Å². The van der Waals surface area contributed by atoms with Crippen LogP contribution in [0.25, 0.3) is 6.08 Å². The molecule has 140 valence electrons. The predicted molar refractivity (Wildman–Crippen MR) is 111 cm³/mol. The molecular formula is C22H16BrFN2O2. The molecule has 0 unspecified atom stereocenters. The Bertz CT molecular complexity index is 1020. The molecule has 4 nitrogen and oxygen atoms in total. The lowest BCUT2D eigenvalue weighted by Crippen LogP contribution is -2.14. The van der Waals surface area contributed by atoms with Gasteiger partial charge in [0.05, 0.1) is 10.2 Å². The number of benzene rings is 2. The molecule has 0 aliphatic carbocycles. The molecule has 28 heavy (non-hydrogen) atoms. The number of nitriles is 1. The van der Waals surface area contributed by atoms with Crippen molar-refractivity contribution in [2.45, 2.75) is 6.42 Å². The van der Waals surface area contributed by atoms with Crippen molar-refractivity contribution in [2.24, 2.45) is 0 Å². The summed E-state index contributed by atoms with van der Waals surface area (Å²) in [6, 6.07) is 11.0. The molecule has 2 rings (SSSR count). The van der Waals surface area contributed by atoms with Crippen molar-refractivity contribution in [3.8, 4) is 24.2 Å². The molecule has 0 aliphatic heterocycles. The van der Waals surface area contributed by atoms with Crippen LogP contribution in [0, 0.1) is 29.5 Å². The number of allylic oxidation sites excluding steroid dienone is 1. The van der Waals surface area contributed by atoms with E-state index < -0.39 is 11.7 Å². The van der Waals surface area contributed by atoms with E-state index in [-0.39, 0.29) is 17.9 Å². The fourth-order valence-electron chi connectivity index (χ4n) is 2.41. The maximum atomic E-state index is 13.7. The van der Waals surface area contributed by atoms with Crippen LogP contribution in [0.4, 0.5) is 10.1 Å². The third-order valence-electron chi connectivity index (χ3n) is 3.61. The van der Waals surface area contributed by atoms with Gasteiger partial charge in [0.1, 0.15) is 29.8 Å². The Labute approximate surface area is 171 Å². The smallest absolute Gasteiger partial charge is 0.266 e. The molecule has 0 aromatic heterocycles. The Balaban J connectivity index is 2.36. The van der Waals surface area contributed by atoms with Gasteiger partial charge in [-0.15, -0.1) is 13.0 Å². The largest absolute Gasteiger partial charge is 0.479 e. The standard InChI is InChI=1S/C22H16BrFN2O2/c1-3-7-16-11-15(13-18(23)21(16)28-10-4-2)12-17(14-25)22(27)26-20-9-6-5-8-19(20)24/h2-3,5-6,8-9,11-13H,1,7,10H2,(H,26,27)/b17-12-. The summed E-state index contributed by atoms with van der Waals surface area (Å²) in [5.74, 6) is 1.69. The number of carbonyl (C=O) groups is 1. The topological polar surface area (TPSA) is 62.1 Å². The van der Waals surface area contributed by atoms with Crippen molar-refractivity contribution in [3.05, 3.63) is 76.0 Å². The lowest BCUT2D eigenvalue weighted by Gasteiger charge is -2.12.